The number of aromatic nitrogens is 4. The minimum Gasteiger partial charge on any atom is -0.468 e. The molecule has 0 aliphatic rings. The van der Waals surface area contributed by atoms with E-state index in [0.29, 0.717) is 35.4 Å². The minimum atomic E-state index is 0.372. The predicted octanol–water partition coefficient (Wildman–Crippen LogP) is 2.38. The van der Waals surface area contributed by atoms with Gasteiger partial charge in [0.15, 0.2) is 17.0 Å². The first kappa shape index (κ1) is 14.1. The van der Waals surface area contributed by atoms with Gasteiger partial charge < -0.3 is 10.5 Å². The van der Waals surface area contributed by atoms with E-state index in [0.717, 1.165) is 5.56 Å². The number of benzene rings is 1. The van der Waals surface area contributed by atoms with Crippen molar-refractivity contribution in [2.45, 2.75) is 13.5 Å². The molecule has 2 heterocycles. The highest BCUT2D eigenvalue weighted by Crippen LogP contribution is 2.24. The number of ether oxygens (including phenoxy) is 1. The van der Waals surface area contributed by atoms with E-state index in [1.54, 1.807) is 7.11 Å². The summed E-state index contributed by atoms with van der Waals surface area (Å²) in [6.07, 6.45) is 0. The van der Waals surface area contributed by atoms with Crippen molar-refractivity contribution in [1.82, 2.24) is 19.5 Å². The van der Waals surface area contributed by atoms with Crippen LogP contribution in [0.15, 0.2) is 24.3 Å². The Bertz CT molecular complexity index is 814. The summed E-state index contributed by atoms with van der Waals surface area (Å²) in [6.45, 7) is 2.43. The van der Waals surface area contributed by atoms with Gasteiger partial charge in [0.05, 0.1) is 13.7 Å². The first-order chi connectivity index (χ1) is 10.1. The molecule has 108 valence electrons. The number of anilines is 1. The maximum Gasteiger partial charge on any atom is 0.298 e. The number of nitrogen functional groups attached to an aromatic ring is 1. The van der Waals surface area contributed by atoms with E-state index in [9.17, 15) is 0 Å². The van der Waals surface area contributed by atoms with Gasteiger partial charge in [-0.05, 0) is 47.2 Å². The summed E-state index contributed by atoms with van der Waals surface area (Å²) in [7, 11) is 1.59. The van der Waals surface area contributed by atoms with Crippen molar-refractivity contribution in [3.63, 3.8) is 0 Å². The normalized spacial score (nSPS) is 11.0. The maximum absolute atomic E-state index is 5.93. The molecule has 0 amide bonds. The van der Waals surface area contributed by atoms with Gasteiger partial charge in [0, 0.05) is 3.57 Å². The average Bonchev–Trinajstić information content (AvgIpc) is 2.77. The molecule has 2 N–H and O–H groups in total. The van der Waals surface area contributed by atoms with Crippen LogP contribution >= 0.6 is 22.6 Å². The van der Waals surface area contributed by atoms with E-state index in [2.05, 4.69) is 55.7 Å². The Morgan fingerprint density at radius 2 is 2.10 bits per heavy atom. The molecule has 21 heavy (non-hydrogen) atoms. The monoisotopic (exact) mass is 395 g/mol. The van der Waals surface area contributed by atoms with Crippen molar-refractivity contribution in [3.05, 3.63) is 39.2 Å². The lowest BCUT2D eigenvalue weighted by atomic mass is 10.2. The number of halogens is 1. The third-order valence-electron chi connectivity index (χ3n) is 3.11. The average molecular weight is 395 g/mol. The standard InChI is InChI=1S/C14H14IN5O/c1-8-17-12(16)11-13(18-8)20(14(19-11)21-2)7-9-4-3-5-10(15)6-9/h3-6H,7H2,1-2H3,(H2,16,17,18). The summed E-state index contributed by atoms with van der Waals surface area (Å²) in [5.74, 6) is 0.989. The topological polar surface area (TPSA) is 78.8 Å². The third kappa shape index (κ3) is 2.65. The Morgan fingerprint density at radius 3 is 2.81 bits per heavy atom. The van der Waals surface area contributed by atoms with Crippen molar-refractivity contribution in [1.29, 1.82) is 0 Å². The van der Waals surface area contributed by atoms with Crippen molar-refractivity contribution < 1.29 is 4.74 Å². The Balaban J connectivity index is 2.16. The Kier molecular flexibility index (Phi) is 3.66. The van der Waals surface area contributed by atoms with Crippen molar-refractivity contribution in [2.75, 3.05) is 12.8 Å². The molecule has 6 nitrogen and oxygen atoms in total. The summed E-state index contributed by atoms with van der Waals surface area (Å²) in [6, 6.07) is 8.73. The molecule has 0 radical (unpaired) electrons. The van der Waals surface area contributed by atoms with Gasteiger partial charge in [0.1, 0.15) is 5.82 Å². The number of hydrogen-bond acceptors (Lipinski definition) is 5. The van der Waals surface area contributed by atoms with Crippen LogP contribution in [0.3, 0.4) is 0 Å². The second-order valence-electron chi connectivity index (χ2n) is 4.64. The summed E-state index contributed by atoms with van der Waals surface area (Å²) >= 11 is 2.29. The highest BCUT2D eigenvalue weighted by atomic mass is 127. The fourth-order valence-electron chi connectivity index (χ4n) is 2.23. The number of nitrogens with two attached hydrogens (primary N) is 1. The van der Waals surface area contributed by atoms with Gasteiger partial charge in [-0.3, -0.25) is 4.57 Å². The van der Waals surface area contributed by atoms with Gasteiger partial charge >= 0.3 is 0 Å². The second kappa shape index (κ2) is 5.47. The van der Waals surface area contributed by atoms with E-state index in [1.165, 1.54) is 3.57 Å². The van der Waals surface area contributed by atoms with Crippen LogP contribution in [0.4, 0.5) is 5.82 Å². The lowest BCUT2D eigenvalue weighted by molar-refractivity contribution is 0.363. The minimum absolute atomic E-state index is 0.372. The molecular formula is C14H14IN5O. The van der Waals surface area contributed by atoms with Crippen LogP contribution < -0.4 is 10.5 Å². The van der Waals surface area contributed by atoms with Gasteiger partial charge in [-0.2, -0.15) is 4.98 Å². The highest BCUT2D eigenvalue weighted by Gasteiger charge is 2.16. The number of rotatable bonds is 3. The van der Waals surface area contributed by atoms with Crippen LogP contribution in [0.25, 0.3) is 11.2 Å². The fraction of sp³-hybridized carbons (Fsp3) is 0.214. The number of hydrogen-bond donors (Lipinski definition) is 1. The van der Waals surface area contributed by atoms with E-state index >= 15 is 0 Å². The molecule has 0 bridgehead atoms. The number of methoxy groups -OCH3 is 1. The van der Waals surface area contributed by atoms with Crippen LogP contribution in [0.5, 0.6) is 6.01 Å². The molecule has 0 aliphatic heterocycles. The summed E-state index contributed by atoms with van der Waals surface area (Å²) in [4.78, 5) is 13.0. The van der Waals surface area contributed by atoms with Crippen LogP contribution in [0.1, 0.15) is 11.4 Å². The highest BCUT2D eigenvalue weighted by molar-refractivity contribution is 14.1. The molecule has 0 saturated carbocycles. The number of aryl methyl sites for hydroxylation is 1. The molecule has 7 heteroatoms. The number of fused-ring (bicyclic) bond motifs is 1. The lowest BCUT2D eigenvalue weighted by Gasteiger charge is -2.08. The second-order valence-corrected chi connectivity index (χ2v) is 5.89. The van der Waals surface area contributed by atoms with Gasteiger partial charge in [-0.1, -0.05) is 12.1 Å². The van der Waals surface area contributed by atoms with Crippen LogP contribution in [-0.2, 0) is 6.54 Å². The lowest BCUT2D eigenvalue weighted by Crippen LogP contribution is -2.05. The largest absolute Gasteiger partial charge is 0.468 e. The van der Waals surface area contributed by atoms with Crippen molar-refractivity contribution in [3.8, 4) is 6.01 Å². The van der Waals surface area contributed by atoms with E-state index in [1.807, 2.05) is 17.6 Å². The van der Waals surface area contributed by atoms with Crippen LogP contribution in [0, 0.1) is 10.5 Å². The molecule has 0 unspecified atom stereocenters. The van der Waals surface area contributed by atoms with Crippen molar-refractivity contribution in [2.24, 2.45) is 0 Å². The molecule has 0 spiro atoms. The zero-order valence-corrected chi connectivity index (χ0v) is 13.8. The van der Waals surface area contributed by atoms with E-state index < -0.39 is 0 Å². The fourth-order valence-corrected chi connectivity index (χ4v) is 2.84. The Hall–Kier alpha value is -1.90. The molecular weight excluding hydrogens is 381 g/mol. The zero-order valence-electron chi connectivity index (χ0n) is 11.7. The molecule has 1 aromatic carbocycles. The summed E-state index contributed by atoms with van der Waals surface area (Å²) < 4.78 is 8.44. The van der Waals surface area contributed by atoms with Gasteiger partial charge in [-0.15, -0.1) is 0 Å². The summed E-state index contributed by atoms with van der Waals surface area (Å²) in [5, 5.41) is 0. The first-order valence-electron chi connectivity index (χ1n) is 6.37. The molecule has 2 aromatic heterocycles. The zero-order chi connectivity index (χ0) is 15.0. The maximum atomic E-state index is 5.93. The van der Waals surface area contributed by atoms with Crippen molar-refractivity contribution >= 4 is 39.6 Å². The molecule has 0 fully saturated rings. The molecule has 0 atom stereocenters. The first-order valence-corrected chi connectivity index (χ1v) is 7.45. The Morgan fingerprint density at radius 1 is 1.29 bits per heavy atom. The molecule has 0 saturated heterocycles. The molecule has 3 rings (SSSR count). The SMILES string of the molecule is COc1nc2c(N)nc(C)nc2n1Cc1cccc(I)c1. The van der Waals surface area contributed by atoms with Crippen LogP contribution in [0.2, 0.25) is 0 Å². The number of imidazole rings is 1. The number of nitrogens with zero attached hydrogens (tertiary/aromatic N) is 4. The third-order valence-corrected chi connectivity index (χ3v) is 3.78. The Labute approximate surface area is 135 Å². The summed E-state index contributed by atoms with van der Waals surface area (Å²) in [5.41, 5.74) is 8.34. The van der Waals surface area contributed by atoms with Gasteiger partial charge in [-0.25, -0.2) is 9.97 Å². The molecule has 0 aliphatic carbocycles. The quantitative estimate of drug-likeness (QED) is 0.689. The molecule has 3 aromatic rings. The smallest absolute Gasteiger partial charge is 0.298 e. The predicted molar refractivity (Wildman–Crippen MR) is 89.3 cm³/mol. The van der Waals surface area contributed by atoms with E-state index in [-0.39, 0.29) is 0 Å². The van der Waals surface area contributed by atoms with Gasteiger partial charge in [0.2, 0.25) is 0 Å². The van der Waals surface area contributed by atoms with Crippen LogP contribution in [-0.4, -0.2) is 26.6 Å². The van der Waals surface area contributed by atoms with Gasteiger partial charge in [0.25, 0.3) is 6.01 Å². The van der Waals surface area contributed by atoms with E-state index in [4.69, 9.17) is 10.5 Å².